The van der Waals surface area contributed by atoms with Gasteiger partial charge in [-0.2, -0.15) is 0 Å². The average molecular weight is 605 g/mol. The molecule has 44 heavy (non-hydrogen) atoms. The van der Waals surface area contributed by atoms with Crippen LogP contribution in [0, 0.1) is 16.0 Å². The van der Waals surface area contributed by atoms with Gasteiger partial charge in [0.05, 0.1) is 16.1 Å². The van der Waals surface area contributed by atoms with Gasteiger partial charge in [-0.05, 0) is 63.3 Å². The summed E-state index contributed by atoms with van der Waals surface area (Å²) < 4.78 is 6.22. The molecule has 0 radical (unpaired) electrons. The van der Waals surface area contributed by atoms with Crippen molar-refractivity contribution in [3.8, 4) is 5.75 Å². The fourth-order valence-electron chi connectivity index (χ4n) is 6.72. The van der Waals surface area contributed by atoms with Gasteiger partial charge in [-0.1, -0.05) is 0 Å². The van der Waals surface area contributed by atoms with Crippen molar-refractivity contribution in [3.63, 3.8) is 0 Å². The first kappa shape index (κ1) is 29.7. The number of aromatic nitrogens is 1. The highest BCUT2D eigenvalue weighted by Crippen LogP contribution is 2.35. The Bertz CT molecular complexity index is 1480. The second-order valence-electron chi connectivity index (χ2n) is 12.4. The zero-order valence-corrected chi connectivity index (χ0v) is 24.8. The van der Waals surface area contributed by atoms with E-state index < -0.39 is 34.6 Å². The van der Waals surface area contributed by atoms with Crippen molar-refractivity contribution in [2.45, 2.75) is 76.6 Å². The molecule has 13 nitrogen and oxygen atoms in total. The number of nitro groups is 1. The van der Waals surface area contributed by atoms with Crippen LogP contribution in [0.2, 0.25) is 0 Å². The largest absolute Gasteiger partial charge is 0.490 e. The van der Waals surface area contributed by atoms with Crippen molar-refractivity contribution in [3.05, 3.63) is 57.8 Å². The standard InChI is InChI=1S/C31H36N6O7/c1-18(2)35(17-19-9-11-34(12-10-19)27-7-3-20(16-32-27)37(42)43)21-13-23(14-21)44-22-4-5-24-25(15-22)31(41)36(30(24)40)26-6-8-28(38)33-29(26)39/h3-5,7,15-16,18-19,21,23,26H,6,8-14,17H2,1-2H3,(H,33,38,39)/t21-,23-,26?. The van der Waals surface area contributed by atoms with Gasteiger partial charge in [-0.15, -0.1) is 0 Å². The zero-order valence-electron chi connectivity index (χ0n) is 24.8. The van der Waals surface area contributed by atoms with Crippen molar-refractivity contribution >= 4 is 35.1 Å². The zero-order chi connectivity index (χ0) is 31.1. The molecule has 1 atom stereocenters. The molecule has 1 aromatic carbocycles. The van der Waals surface area contributed by atoms with Gasteiger partial charge in [0.2, 0.25) is 11.8 Å². The normalized spacial score (nSPS) is 24.0. The molecule has 2 saturated heterocycles. The van der Waals surface area contributed by atoms with E-state index in [1.807, 2.05) is 0 Å². The molecule has 4 amide bonds. The number of benzene rings is 1. The van der Waals surface area contributed by atoms with Gasteiger partial charge in [0.1, 0.15) is 29.9 Å². The summed E-state index contributed by atoms with van der Waals surface area (Å²) in [6.07, 6.45) is 5.25. The minimum atomic E-state index is -0.995. The number of hydrogen-bond donors (Lipinski definition) is 1. The molecule has 4 heterocycles. The Hall–Kier alpha value is -4.39. The number of rotatable bonds is 9. The van der Waals surface area contributed by atoms with E-state index in [4.69, 9.17) is 4.74 Å². The lowest BCUT2D eigenvalue weighted by Crippen LogP contribution is -2.54. The molecular formula is C31H36N6O7. The predicted molar refractivity (Wildman–Crippen MR) is 158 cm³/mol. The van der Waals surface area contributed by atoms with Crippen LogP contribution in [0.15, 0.2) is 36.5 Å². The second kappa shape index (κ2) is 11.9. The molecule has 6 rings (SSSR count). The number of amides is 4. The molecule has 2 aromatic rings. The van der Waals surface area contributed by atoms with Gasteiger partial charge in [0, 0.05) is 57.0 Å². The van der Waals surface area contributed by atoms with Crippen LogP contribution in [0.4, 0.5) is 11.5 Å². The van der Waals surface area contributed by atoms with E-state index in [9.17, 15) is 29.3 Å². The number of anilines is 1. The molecule has 3 fully saturated rings. The van der Waals surface area contributed by atoms with Crippen molar-refractivity contribution in [1.82, 2.24) is 20.1 Å². The Kier molecular flexibility index (Phi) is 8.06. The molecule has 13 heteroatoms. The molecule has 1 N–H and O–H groups in total. The third kappa shape index (κ3) is 5.75. The summed E-state index contributed by atoms with van der Waals surface area (Å²) in [7, 11) is 0. The lowest BCUT2D eigenvalue weighted by Gasteiger charge is -2.46. The van der Waals surface area contributed by atoms with Crippen LogP contribution >= 0.6 is 0 Å². The summed E-state index contributed by atoms with van der Waals surface area (Å²) in [4.78, 5) is 70.4. The number of carbonyl (C=O) groups is 4. The fourth-order valence-corrected chi connectivity index (χ4v) is 6.72. The van der Waals surface area contributed by atoms with Crippen LogP contribution in [0.25, 0.3) is 0 Å². The maximum Gasteiger partial charge on any atom is 0.287 e. The number of carbonyl (C=O) groups excluding carboxylic acids is 4. The average Bonchev–Trinajstić information content (AvgIpc) is 3.23. The van der Waals surface area contributed by atoms with Gasteiger partial charge >= 0.3 is 0 Å². The van der Waals surface area contributed by atoms with Gasteiger partial charge in [-0.25, -0.2) is 4.98 Å². The summed E-state index contributed by atoms with van der Waals surface area (Å²) >= 11 is 0. The molecule has 1 unspecified atom stereocenters. The number of pyridine rings is 1. The van der Waals surface area contributed by atoms with Crippen molar-refractivity contribution < 1.29 is 28.8 Å². The molecule has 1 aliphatic carbocycles. The van der Waals surface area contributed by atoms with Gasteiger partial charge in [0.25, 0.3) is 17.5 Å². The summed E-state index contributed by atoms with van der Waals surface area (Å²) in [6.45, 7) is 7.13. The highest BCUT2D eigenvalue weighted by Gasteiger charge is 2.45. The minimum absolute atomic E-state index is 0.00446. The number of fused-ring (bicyclic) bond motifs is 1. The van der Waals surface area contributed by atoms with E-state index in [1.165, 1.54) is 12.3 Å². The number of imide groups is 2. The van der Waals surface area contributed by atoms with Crippen LogP contribution in [0.1, 0.15) is 73.1 Å². The fraction of sp³-hybridized carbons (Fsp3) is 0.516. The van der Waals surface area contributed by atoms with Crippen LogP contribution in [-0.4, -0.2) is 87.2 Å². The van der Waals surface area contributed by atoms with E-state index in [2.05, 4.69) is 33.9 Å². The van der Waals surface area contributed by atoms with Crippen LogP contribution in [-0.2, 0) is 9.59 Å². The second-order valence-corrected chi connectivity index (χ2v) is 12.4. The molecule has 0 bridgehead atoms. The highest BCUT2D eigenvalue weighted by molar-refractivity contribution is 6.23. The molecule has 1 aromatic heterocycles. The topological polar surface area (TPSA) is 155 Å². The molecule has 232 valence electrons. The summed E-state index contributed by atoms with van der Waals surface area (Å²) in [5.41, 5.74) is 0.447. The number of nitrogens with zero attached hydrogens (tertiary/aromatic N) is 5. The Morgan fingerprint density at radius 2 is 1.77 bits per heavy atom. The van der Waals surface area contributed by atoms with E-state index in [0.717, 1.165) is 56.0 Å². The molecular weight excluding hydrogens is 568 g/mol. The van der Waals surface area contributed by atoms with Crippen molar-refractivity contribution in [1.29, 1.82) is 0 Å². The Balaban J connectivity index is 1.01. The van der Waals surface area contributed by atoms with E-state index in [0.29, 0.717) is 23.8 Å². The predicted octanol–water partition coefficient (Wildman–Crippen LogP) is 2.93. The Morgan fingerprint density at radius 1 is 1.05 bits per heavy atom. The highest BCUT2D eigenvalue weighted by atomic mass is 16.6. The SMILES string of the molecule is CC(C)N(CC1CCN(c2ccc([N+](=O)[O-])cn2)CC1)[C@H]1C[C@H](Oc2ccc3c(c2)C(=O)N(C2CCC(=O)NC2=O)C3=O)C1. The molecule has 4 aliphatic rings. The maximum absolute atomic E-state index is 13.1. The monoisotopic (exact) mass is 604 g/mol. The molecule has 3 aliphatic heterocycles. The first-order valence-electron chi connectivity index (χ1n) is 15.2. The molecule has 0 spiro atoms. The van der Waals surface area contributed by atoms with Crippen LogP contribution < -0.4 is 15.0 Å². The van der Waals surface area contributed by atoms with E-state index in [-0.39, 0.29) is 35.8 Å². The first-order chi connectivity index (χ1) is 21.1. The Morgan fingerprint density at radius 3 is 2.41 bits per heavy atom. The Labute approximate surface area is 254 Å². The third-order valence-corrected chi connectivity index (χ3v) is 9.27. The van der Waals surface area contributed by atoms with Gasteiger partial charge in [-0.3, -0.25) is 44.4 Å². The first-order valence-corrected chi connectivity index (χ1v) is 15.2. The lowest BCUT2D eigenvalue weighted by molar-refractivity contribution is -0.385. The van der Waals surface area contributed by atoms with E-state index >= 15 is 0 Å². The van der Waals surface area contributed by atoms with E-state index in [1.54, 1.807) is 24.3 Å². The number of piperidine rings is 2. The summed E-state index contributed by atoms with van der Waals surface area (Å²) in [5, 5.41) is 13.1. The van der Waals surface area contributed by atoms with Gasteiger partial charge < -0.3 is 9.64 Å². The number of ether oxygens (including phenoxy) is 1. The third-order valence-electron chi connectivity index (χ3n) is 9.27. The number of nitrogens with one attached hydrogen (secondary N) is 1. The van der Waals surface area contributed by atoms with Gasteiger partial charge in [0.15, 0.2) is 0 Å². The lowest BCUT2D eigenvalue weighted by atomic mass is 9.85. The van der Waals surface area contributed by atoms with Crippen LogP contribution in [0.5, 0.6) is 5.75 Å². The van der Waals surface area contributed by atoms with Crippen molar-refractivity contribution in [2.75, 3.05) is 24.5 Å². The minimum Gasteiger partial charge on any atom is -0.490 e. The quantitative estimate of drug-likeness (QED) is 0.257. The smallest absolute Gasteiger partial charge is 0.287 e. The van der Waals surface area contributed by atoms with Crippen molar-refractivity contribution in [2.24, 2.45) is 5.92 Å². The summed E-state index contributed by atoms with van der Waals surface area (Å²) in [5.74, 6) is -0.281. The maximum atomic E-state index is 13.1. The van der Waals surface area contributed by atoms with Crippen LogP contribution in [0.3, 0.4) is 0 Å². The number of hydrogen-bond acceptors (Lipinski definition) is 10. The molecule has 1 saturated carbocycles. The summed E-state index contributed by atoms with van der Waals surface area (Å²) in [6, 6.07) is 7.84.